The predicted molar refractivity (Wildman–Crippen MR) is 35.3 cm³/mol. The minimum atomic E-state index is -1.21. The highest BCUT2D eigenvalue weighted by molar-refractivity contribution is 5.82. The third-order valence-corrected chi connectivity index (χ3v) is 1.45. The van der Waals surface area contributed by atoms with E-state index in [9.17, 15) is 9.59 Å². The van der Waals surface area contributed by atoms with Crippen molar-refractivity contribution in [2.75, 3.05) is 6.54 Å². The molecule has 0 spiro atoms. The molecule has 0 aromatic rings. The number of aliphatic carboxylic acids is 1. The average molecular weight is 157 g/mol. The zero-order valence-electron chi connectivity index (χ0n) is 5.60. The molecule has 0 bridgehead atoms. The number of hydrogen-bond donors (Lipinski definition) is 2. The maximum Gasteiger partial charge on any atom is 0.408 e. The van der Waals surface area contributed by atoms with E-state index in [1.165, 1.54) is 12.2 Å². The van der Waals surface area contributed by atoms with E-state index in [0.717, 1.165) is 4.90 Å². The molecule has 0 saturated heterocycles. The van der Waals surface area contributed by atoms with Gasteiger partial charge in [-0.15, -0.1) is 0 Å². The van der Waals surface area contributed by atoms with E-state index in [1.54, 1.807) is 0 Å². The van der Waals surface area contributed by atoms with Crippen molar-refractivity contribution >= 4 is 12.1 Å². The second kappa shape index (κ2) is 2.61. The van der Waals surface area contributed by atoms with Crippen LogP contribution in [0.1, 0.15) is 0 Å². The highest BCUT2D eigenvalue weighted by atomic mass is 16.4. The molecule has 1 amide bonds. The topological polar surface area (TPSA) is 77.8 Å². The van der Waals surface area contributed by atoms with Gasteiger partial charge in [0.15, 0.2) is 6.04 Å². The lowest BCUT2D eigenvalue weighted by molar-refractivity contribution is -0.140. The highest BCUT2D eigenvalue weighted by Crippen LogP contribution is 2.09. The molecule has 11 heavy (non-hydrogen) atoms. The van der Waals surface area contributed by atoms with Crippen LogP contribution in [0, 0.1) is 0 Å². The van der Waals surface area contributed by atoms with Crippen molar-refractivity contribution in [1.29, 1.82) is 0 Å². The van der Waals surface area contributed by atoms with Crippen LogP contribution in [0.5, 0.6) is 0 Å². The van der Waals surface area contributed by atoms with E-state index in [0.29, 0.717) is 0 Å². The molecule has 0 radical (unpaired) electrons. The molecule has 1 aliphatic rings. The van der Waals surface area contributed by atoms with Crippen molar-refractivity contribution in [3.8, 4) is 0 Å². The van der Waals surface area contributed by atoms with Gasteiger partial charge in [0.25, 0.3) is 0 Å². The van der Waals surface area contributed by atoms with Crippen molar-refractivity contribution in [2.24, 2.45) is 0 Å². The maximum atomic E-state index is 10.4. The zero-order valence-corrected chi connectivity index (χ0v) is 5.60. The molecular formula is C6H7NO4. The van der Waals surface area contributed by atoms with Gasteiger partial charge < -0.3 is 10.2 Å². The van der Waals surface area contributed by atoms with E-state index in [-0.39, 0.29) is 6.54 Å². The molecule has 0 unspecified atom stereocenters. The van der Waals surface area contributed by atoms with E-state index in [1.807, 2.05) is 0 Å². The second-order valence-electron chi connectivity index (χ2n) is 2.15. The first-order valence-electron chi connectivity index (χ1n) is 3.02. The Hall–Kier alpha value is -1.52. The fourth-order valence-electron chi connectivity index (χ4n) is 0.933. The molecule has 60 valence electrons. The Morgan fingerprint density at radius 1 is 1.45 bits per heavy atom. The van der Waals surface area contributed by atoms with Crippen molar-refractivity contribution < 1.29 is 19.8 Å². The standard InChI is InChI=1S/C6H7NO4/c8-5(9)4-2-1-3-7(4)6(10)11/h1-2,4H,3H2,(H,8,9)(H,10,11)/t4-/m0/s1. The molecule has 0 fully saturated rings. The molecule has 1 heterocycles. The summed E-state index contributed by atoms with van der Waals surface area (Å²) in [5.74, 6) is -1.14. The second-order valence-corrected chi connectivity index (χ2v) is 2.15. The fourth-order valence-corrected chi connectivity index (χ4v) is 0.933. The Morgan fingerprint density at radius 2 is 2.09 bits per heavy atom. The average Bonchev–Trinajstić information content (AvgIpc) is 2.32. The molecule has 0 aromatic heterocycles. The van der Waals surface area contributed by atoms with Gasteiger partial charge >= 0.3 is 12.1 Å². The number of hydrogen-bond acceptors (Lipinski definition) is 2. The molecule has 0 aliphatic carbocycles. The summed E-state index contributed by atoms with van der Waals surface area (Å²) in [6.07, 6.45) is 1.67. The lowest BCUT2D eigenvalue weighted by atomic mass is 10.3. The Bertz CT molecular complexity index is 223. The number of rotatable bonds is 1. The third-order valence-electron chi connectivity index (χ3n) is 1.45. The van der Waals surface area contributed by atoms with Crippen molar-refractivity contribution in [2.45, 2.75) is 6.04 Å². The van der Waals surface area contributed by atoms with Crippen LogP contribution in [0.3, 0.4) is 0 Å². The summed E-state index contributed by atoms with van der Waals surface area (Å²) in [6, 6.07) is -1.01. The zero-order chi connectivity index (χ0) is 8.43. The molecule has 5 nitrogen and oxygen atoms in total. The van der Waals surface area contributed by atoms with Gasteiger partial charge in [0.2, 0.25) is 0 Å². The first kappa shape index (κ1) is 7.59. The van der Waals surface area contributed by atoms with Crippen LogP contribution in [0.2, 0.25) is 0 Å². The van der Waals surface area contributed by atoms with Crippen LogP contribution >= 0.6 is 0 Å². The first-order chi connectivity index (χ1) is 5.13. The van der Waals surface area contributed by atoms with Gasteiger partial charge in [-0.25, -0.2) is 9.59 Å². The van der Waals surface area contributed by atoms with E-state index >= 15 is 0 Å². The van der Waals surface area contributed by atoms with Gasteiger partial charge in [-0.1, -0.05) is 12.2 Å². The molecular weight excluding hydrogens is 150 g/mol. The molecule has 1 rings (SSSR count). The largest absolute Gasteiger partial charge is 0.479 e. The number of carboxylic acid groups (broad SMARTS) is 2. The Morgan fingerprint density at radius 3 is 2.45 bits per heavy atom. The fraction of sp³-hybridized carbons (Fsp3) is 0.333. The maximum absolute atomic E-state index is 10.4. The van der Waals surface area contributed by atoms with Gasteiger partial charge in [-0.3, -0.25) is 4.90 Å². The minimum Gasteiger partial charge on any atom is -0.479 e. The van der Waals surface area contributed by atoms with E-state index < -0.39 is 18.1 Å². The monoisotopic (exact) mass is 157 g/mol. The first-order valence-corrected chi connectivity index (χ1v) is 3.02. The highest BCUT2D eigenvalue weighted by Gasteiger charge is 2.29. The van der Waals surface area contributed by atoms with Crippen LogP contribution in [0.25, 0.3) is 0 Å². The van der Waals surface area contributed by atoms with E-state index in [4.69, 9.17) is 10.2 Å². The number of amides is 1. The van der Waals surface area contributed by atoms with E-state index in [2.05, 4.69) is 0 Å². The normalized spacial score (nSPS) is 22.2. The summed E-state index contributed by atoms with van der Waals surface area (Å²) in [4.78, 5) is 21.5. The molecule has 0 aromatic carbocycles. The van der Waals surface area contributed by atoms with Crippen LogP contribution in [0.15, 0.2) is 12.2 Å². The van der Waals surface area contributed by atoms with Crippen molar-refractivity contribution in [1.82, 2.24) is 4.90 Å². The number of nitrogens with zero attached hydrogens (tertiary/aromatic N) is 1. The van der Waals surface area contributed by atoms with Gasteiger partial charge in [0.1, 0.15) is 0 Å². The molecule has 5 heteroatoms. The van der Waals surface area contributed by atoms with Gasteiger partial charge in [-0.05, 0) is 0 Å². The number of carbonyl (C=O) groups is 2. The van der Waals surface area contributed by atoms with Crippen LogP contribution in [0.4, 0.5) is 4.79 Å². The predicted octanol–water partition coefficient (Wildman–Crippen LogP) is -0.0106. The summed E-state index contributed by atoms with van der Waals surface area (Å²) < 4.78 is 0. The minimum absolute atomic E-state index is 0.159. The summed E-state index contributed by atoms with van der Waals surface area (Å²) in [6.45, 7) is 0.159. The molecule has 1 aliphatic heterocycles. The Labute approximate surface area is 62.5 Å². The van der Waals surface area contributed by atoms with Gasteiger partial charge in [0.05, 0.1) is 0 Å². The summed E-state index contributed by atoms with van der Waals surface area (Å²) >= 11 is 0. The molecule has 1 atom stereocenters. The van der Waals surface area contributed by atoms with Crippen LogP contribution in [-0.4, -0.2) is 39.8 Å². The molecule has 2 N–H and O–H groups in total. The SMILES string of the molecule is O=C(O)[C@@H]1C=CCN1C(=O)O. The Balaban J connectivity index is 2.71. The summed E-state index contributed by atoms with van der Waals surface area (Å²) in [7, 11) is 0. The Kier molecular flexibility index (Phi) is 1.80. The molecule has 0 saturated carbocycles. The van der Waals surface area contributed by atoms with Crippen LogP contribution in [-0.2, 0) is 4.79 Å². The smallest absolute Gasteiger partial charge is 0.408 e. The van der Waals surface area contributed by atoms with Crippen molar-refractivity contribution in [3.63, 3.8) is 0 Å². The van der Waals surface area contributed by atoms with Crippen molar-refractivity contribution in [3.05, 3.63) is 12.2 Å². The lowest BCUT2D eigenvalue weighted by Gasteiger charge is -2.16. The summed E-state index contributed by atoms with van der Waals surface area (Å²) in [5, 5.41) is 16.9. The quantitative estimate of drug-likeness (QED) is 0.525. The van der Waals surface area contributed by atoms with Gasteiger partial charge in [0, 0.05) is 6.54 Å². The van der Waals surface area contributed by atoms with Crippen LogP contribution < -0.4 is 0 Å². The lowest BCUT2D eigenvalue weighted by Crippen LogP contribution is -2.39. The third kappa shape index (κ3) is 1.31. The van der Waals surface area contributed by atoms with Gasteiger partial charge in [-0.2, -0.15) is 0 Å². The summed E-state index contributed by atoms with van der Waals surface area (Å²) in [5.41, 5.74) is 0. The number of carboxylic acids is 1.